The van der Waals surface area contributed by atoms with Crippen LogP contribution in [0.4, 0.5) is 11.4 Å². The highest BCUT2D eigenvalue weighted by Crippen LogP contribution is 2.27. The Hall–Kier alpha value is -3.19. The number of non-ortho nitro benzene ring substituents is 1. The van der Waals surface area contributed by atoms with Crippen molar-refractivity contribution in [3.8, 4) is 5.75 Å². The lowest BCUT2D eigenvalue weighted by atomic mass is 10.2. The quantitative estimate of drug-likeness (QED) is 0.434. The van der Waals surface area contributed by atoms with E-state index in [9.17, 15) is 14.9 Å². The van der Waals surface area contributed by atoms with Gasteiger partial charge in [-0.2, -0.15) is 0 Å². The highest BCUT2D eigenvalue weighted by molar-refractivity contribution is 9.10. The van der Waals surface area contributed by atoms with Gasteiger partial charge < -0.3 is 10.1 Å². The van der Waals surface area contributed by atoms with Crippen molar-refractivity contribution in [2.75, 3.05) is 5.32 Å². The van der Waals surface area contributed by atoms with Crippen molar-refractivity contribution in [3.05, 3.63) is 98.5 Å². The van der Waals surface area contributed by atoms with Gasteiger partial charge in [-0.3, -0.25) is 14.9 Å². The van der Waals surface area contributed by atoms with Crippen molar-refractivity contribution < 1.29 is 14.5 Å². The lowest BCUT2D eigenvalue weighted by Gasteiger charge is -2.09. The van der Waals surface area contributed by atoms with Crippen molar-refractivity contribution in [2.24, 2.45) is 0 Å². The summed E-state index contributed by atoms with van der Waals surface area (Å²) in [5.74, 6) is 0.276. The van der Waals surface area contributed by atoms with Crippen LogP contribution in [0.1, 0.15) is 15.9 Å². The van der Waals surface area contributed by atoms with Gasteiger partial charge in [0.25, 0.3) is 11.6 Å². The molecule has 0 unspecified atom stereocenters. The maximum Gasteiger partial charge on any atom is 0.271 e. The molecule has 0 aromatic heterocycles. The number of carbonyl (C=O) groups is 1. The van der Waals surface area contributed by atoms with E-state index < -0.39 is 4.92 Å². The van der Waals surface area contributed by atoms with E-state index in [1.165, 1.54) is 18.2 Å². The third kappa shape index (κ3) is 4.92. The van der Waals surface area contributed by atoms with Crippen LogP contribution in [0, 0.1) is 10.1 Å². The average Bonchev–Trinajstić information content (AvgIpc) is 2.69. The highest BCUT2D eigenvalue weighted by atomic mass is 79.9. The predicted octanol–water partition coefficient (Wildman–Crippen LogP) is 5.19. The van der Waals surface area contributed by atoms with Gasteiger partial charge in [0, 0.05) is 22.2 Å². The van der Waals surface area contributed by atoms with Gasteiger partial charge in [-0.15, -0.1) is 0 Å². The zero-order valence-corrected chi connectivity index (χ0v) is 15.7. The number of benzene rings is 3. The number of hydrogen-bond acceptors (Lipinski definition) is 4. The van der Waals surface area contributed by atoms with Crippen molar-refractivity contribution >= 4 is 33.2 Å². The molecule has 0 aliphatic carbocycles. The molecule has 0 radical (unpaired) electrons. The summed E-state index contributed by atoms with van der Waals surface area (Å²) in [5.41, 5.74) is 1.70. The minimum atomic E-state index is -0.513. The van der Waals surface area contributed by atoms with Gasteiger partial charge in [-0.05, 0) is 51.8 Å². The normalized spacial score (nSPS) is 10.3. The molecule has 0 aliphatic heterocycles. The molecule has 3 aromatic carbocycles. The van der Waals surface area contributed by atoms with E-state index in [1.54, 1.807) is 24.3 Å². The van der Waals surface area contributed by atoms with Gasteiger partial charge in [0.1, 0.15) is 12.4 Å². The van der Waals surface area contributed by atoms with Crippen LogP contribution in [0.2, 0.25) is 0 Å². The summed E-state index contributed by atoms with van der Waals surface area (Å²) in [7, 11) is 0. The first-order valence-electron chi connectivity index (χ1n) is 8.05. The smallest absolute Gasteiger partial charge is 0.271 e. The number of hydrogen-bond donors (Lipinski definition) is 1. The second-order valence-corrected chi connectivity index (χ2v) is 6.53. The predicted molar refractivity (Wildman–Crippen MR) is 106 cm³/mol. The molecule has 0 bridgehead atoms. The second kappa shape index (κ2) is 8.46. The Kier molecular flexibility index (Phi) is 5.83. The first-order valence-corrected chi connectivity index (χ1v) is 8.84. The number of amides is 1. The molecular formula is C20H15BrN2O4. The number of ether oxygens (including phenoxy) is 1. The van der Waals surface area contributed by atoms with E-state index in [0.29, 0.717) is 28.1 Å². The minimum absolute atomic E-state index is 0.0989. The Morgan fingerprint density at radius 1 is 1.04 bits per heavy atom. The van der Waals surface area contributed by atoms with Crippen LogP contribution in [0.15, 0.2) is 77.3 Å². The SMILES string of the molecule is O=C(Nc1cc([N+](=O)[O-])ccc1Br)c1ccc(OCc2ccccc2)cc1. The Balaban J connectivity index is 1.65. The van der Waals surface area contributed by atoms with Crippen molar-refractivity contribution in [1.82, 2.24) is 0 Å². The third-order valence-electron chi connectivity index (χ3n) is 3.77. The second-order valence-electron chi connectivity index (χ2n) is 5.67. The first-order chi connectivity index (χ1) is 13.0. The summed E-state index contributed by atoms with van der Waals surface area (Å²) in [5, 5.41) is 13.6. The molecule has 1 N–H and O–H groups in total. The van der Waals surface area contributed by atoms with Crippen LogP contribution in [0.3, 0.4) is 0 Å². The number of nitro benzene ring substituents is 1. The van der Waals surface area contributed by atoms with E-state index in [2.05, 4.69) is 21.2 Å². The van der Waals surface area contributed by atoms with Gasteiger partial charge in [0.2, 0.25) is 0 Å². The summed E-state index contributed by atoms with van der Waals surface area (Å²) in [4.78, 5) is 22.8. The van der Waals surface area contributed by atoms with Crippen molar-refractivity contribution in [1.29, 1.82) is 0 Å². The zero-order valence-electron chi connectivity index (χ0n) is 14.1. The molecule has 0 atom stereocenters. The summed E-state index contributed by atoms with van der Waals surface area (Å²) >= 11 is 3.28. The van der Waals surface area contributed by atoms with E-state index >= 15 is 0 Å². The monoisotopic (exact) mass is 426 g/mol. The van der Waals surface area contributed by atoms with Crippen molar-refractivity contribution in [2.45, 2.75) is 6.61 Å². The number of carbonyl (C=O) groups excluding carboxylic acids is 1. The molecule has 6 nitrogen and oxygen atoms in total. The number of anilines is 1. The molecule has 0 saturated heterocycles. The fraction of sp³-hybridized carbons (Fsp3) is 0.0500. The van der Waals surface area contributed by atoms with Crippen LogP contribution in [-0.2, 0) is 6.61 Å². The summed E-state index contributed by atoms with van der Waals surface area (Å²) in [6.07, 6.45) is 0. The van der Waals surface area contributed by atoms with Gasteiger partial charge in [-0.1, -0.05) is 30.3 Å². The van der Waals surface area contributed by atoms with E-state index in [0.717, 1.165) is 5.56 Å². The molecule has 3 aromatic rings. The highest BCUT2D eigenvalue weighted by Gasteiger charge is 2.13. The minimum Gasteiger partial charge on any atom is -0.489 e. The van der Waals surface area contributed by atoms with Gasteiger partial charge in [0.15, 0.2) is 0 Å². The van der Waals surface area contributed by atoms with Crippen LogP contribution >= 0.6 is 15.9 Å². The molecule has 0 fully saturated rings. The molecule has 27 heavy (non-hydrogen) atoms. The number of nitrogens with one attached hydrogen (secondary N) is 1. The van der Waals surface area contributed by atoms with E-state index in [4.69, 9.17) is 4.74 Å². The maximum atomic E-state index is 12.4. The van der Waals surface area contributed by atoms with Crippen LogP contribution in [-0.4, -0.2) is 10.8 Å². The fourth-order valence-corrected chi connectivity index (χ4v) is 2.71. The standard InChI is InChI=1S/C20H15BrN2O4/c21-18-11-8-16(23(25)26)12-19(18)22-20(24)15-6-9-17(10-7-15)27-13-14-4-2-1-3-5-14/h1-12H,13H2,(H,22,24). The Labute approximate surface area is 164 Å². The first kappa shape index (κ1) is 18.6. The molecule has 7 heteroatoms. The van der Waals surface area contributed by atoms with Crippen LogP contribution < -0.4 is 10.1 Å². The van der Waals surface area contributed by atoms with E-state index in [1.807, 2.05) is 30.3 Å². The number of nitrogens with zero attached hydrogens (tertiary/aromatic N) is 1. The fourth-order valence-electron chi connectivity index (χ4n) is 2.36. The summed E-state index contributed by atoms with van der Waals surface area (Å²) in [6, 6.07) is 20.7. The zero-order chi connectivity index (χ0) is 19.2. The molecule has 3 rings (SSSR count). The lowest BCUT2D eigenvalue weighted by Crippen LogP contribution is -2.12. The van der Waals surface area contributed by atoms with E-state index in [-0.39, 0.29) is 11.6 Å². The van der Waals surface area contributed by atoms with Gasteiger partial charge >= 0.3 is 0 Å². The van der Waals surface area contributed by atoms with Crippen molar-refractivity contribution in [3.63, 3.8) is 0 Å². The topological polar surface area (TPSA) is 81.5 Å². The summed E-state index contributed by atoms with van der Waals surface area (Å²) in [6.45, 7) is 0.438. The average molecular weight is 427 g/mol. The molecule has 1 amide bonds. The Morgan fingerprint density at radius 2 is 1.74 bits per heavy atom. The molecular weight excluding hydrogens is 412 g/mol. The number of halogens is 1. The lowest BCUT2D eigenvalue weighted by molar-refractivity contribution is -0.384. The Bertz CT molecular complexity index is 959. The van der Waals surface area contributed by atoms with Gasteiger partial charge in [0.05, 0.1) is 10.6 Å². The van der Waals surface area contributed by atoms with Gasteiger partial charge in [-0.25, -0.2) is 0 Å². The Morgan fingerprint density at radius 3 is 2.41 bits per heavy atom. The van der Waals surface area contributed by atoms with Crippen LogP contribution in [0.5, 0.6) is 5.75 Å². The third-order valence-corrected chi connectivity index (χ3v) is 4.47. The number of nitro groups is 1. The largest absolute Gasteiger partial charge is 0.489 e. The maximum absolute atomic E-state index is 12.4. The van der Waals surface area contributed by atoms with Crippen LogP contribution in [0.25, 0.3) is 0 Å². The molecule has 0 aliphatic rings. The summed E-state index contributed by atoms with van der Waals surface area (Å²) < 4.78 is 6.25. The molecule has 0 saturated carbocycles. The molecule has 136 valence electrons. The number of rotatable bonds is 6. The molecule has 0 spiro atoms. The molecule has 0 heterocycles.